The molecule has 18 heavy (non-hydrogen) atoms. The van der Waals surface area contributed by atoms with Crippen molar-refractivity contribution in [2.24, 2.45) is 0 Å². The zero-order chi connectivity index (χ0) is 12.7. The van der Waals surface area contributed by atoms with Crippen LogP contribution in [0.4, 0.5) is 0 Å². The summed E-state index contributed by atoms with van der Waals surface area (Å²) in [5.41, 5.74) is 3.65. The van der Waals surface area contributed by atoms with Crippen LogP contribution in [-0.4, -0.2) is 23.3 Å². The van der Waals surface area contributed by atoms with E-state index in [0.717, 1.165) is 11.1 Å². The van der Waals surface area contributed by atoms with E-state index in [1.54, 1.807) is 12.1 Å². The Bertz CT molecular complexity index is 621. The van der Waals surface area contributed by atoms with Crippen molar-refractivity contribution >= 4 is 17.1 Å². The molecular weight excluding hydrogens is 228 g/mol. The topological polar surface area (TPSA) is 54.4 Å². The van der Waals surface area contributed by atoms with Gasteiger partial charge in [-0.15, -0.1) is 0 Å². The Kier molecular flexibility index (Phi) is 2.49. The van der Waals surface area contributed by atoms with Crippen LogP contribution in [0.3, 0.4) is 0 Å². The molecule has 0 atom stereocenters. The molecule has 1 N–H and O–H groups in total. The standard InChI is InChI=1S/C15H12O3/c16-8-10-2-1-9-3-4-11-12(5-9)13(6-10)15(18)7-14(11)17/h2-6,16H,1,7-8H2. The molecule has 1 aromatic carbocycles. The van der Waals surface area contributed by atoms with Crippen molar-refractivity contribution in [1.29, 1.82) is 0 Å². The number of hydrogen-bond donors (Lipinski definition) is 1. The number of aliphatic hydroxyl groups excluding tert-OH is 1. The molecule has 0 heterocycles. The fourth-order valence-electron chi connectivity index (χ4n) is 2.43. The molecule has 3 heteroatoms. The number of rotatable bonds is 1. The number of ketones is 2. The van der Waals surface area contributed by atoms with Crippen molar-refractivity contribution in [3.63, 3.8) is 0 Å². The first-order chi connectivity index (χ1) is 8.69. The Morgan fingerprint density at radius 2 is 1.94 bits per heavy atom. The van der Waals surface area contributed by atoms with Gasteiger partial charge in [0.2, 0.25) is 0 Å². The second-order valence-corrected chi connectivity index (χ2v) is 4.60. The second kappa shape index (κ2) is 4.03. The van der Waals surface area contributed by atoms with Crippen molar-refractivity contribution in [1.82, 2.24) is 0 Å². The molecule has 3 nitrogen and oxygen atoms in total. The van der Waals surface area contributed by atoms with Crippen LogP contribution in [0.2, 0.25) is 0 Å². The van der Waals surface area contributed by atoms with Gasteiger partial charge in [-0.05, 0) is 35.3 Å². The lowest BCUT2D eigenvalue weighted by molar-refractivity contribution is -0.113. The van der Waals surface area contributed by atoms with Crippen molar-refractivity contribution in [2.75, 3.05) is 6.61 Å². The van der Waals surface area contributed by atoms with E-state index < -0.39 is 0 Å². The lowest BCUT2D eigenvalue weighted by Gasteiger charge is -2.20. The van der Waals surface area contributed by atoms with Crippen molar-refractivity contribution in [3.05, 3.63) is 52.6 Å². The highest BCUT2D eigenvalue weighted by Gasteiger charge is 2.28. The minimum Gasteiger partial charge on any atom is -0.392 e. The van der Waals surface area contributed by atoms with Crippen molar-refractivity contribution < 1.29 is 14.7 Å². The van der Waals surface area contributed by atoms with Gasteiger partial charge < -0.3 is 5.11 Å². The maximum absolute atomic E-state index is 12.0. The fourth-order valence-corrected chi connectivity index (χ4v) is 2.43. The van der Waals surface area contributed by atoms with Crippen LogP contribution in [0.15, 0.2) is 35.9 Å². The molecule has 2 bridgehead atoms. The zero-order valence-electron chi connectivity index (χ0n) is 9.77. The second-order valence-electron chi connectivity index (χ2n) is 4.60. The molecule has 2 aliphatic rings. The van der Waals surface area contributed by atoms with Crippen LogP contribution < -0.4 is 0 Å². The molecule has 0 aliphatic heterocycles. The summed E-state index contributed by atoms with van der Waals surface area (Å²) in [6.45, 7) is -0.0929. The van der Waals surface area contributed by atoms with Gasteiger partial charge in [0, 0.05) is 11.1 Å². The van der Waals surface area contributed by atoms with Gasteiger partial charge in [0.15, 0.2) is 11.6 Å². The van der Waals surface area contributed by atoms with E-state index in [-0.39, 0.29) is 24.6 Å². The number of benzene rings is 1. The Hall–Kier alpha value is -2.00. The van der Waals surface area contributed by atoms with Gasteiger partial charge in [-0.25, -0.2) is 0 Å². The van der Waals surface area contributed by atoms with E-state index in [1.165, 1.54) is 0 Å². The highest BCUT2D eigenvalue weighted by Crippen LogP contribution is 2.31. The fraction of sp³-hybridized carbons (Fsp3) is 0.200. The smallest absolute Gasteiger partial charge is 0.171 e. The van der Waals surface area contributed by atoms with Crippen LogP contribution in [0, 0.1) is 0 Å². The molecule has 0 fully saturated rings. The van der Waals surface area contributed by atoms with E-state index in [0.29, 0.717) is 23.1 Å². The summed E-state index contributed by atoms with van der Waals surface area (Å²) in [7, 11) is 0. The molecule has 0 unspecified atom stereocenters. The molecular formula is C15H12O3. The summed E-state index contributed by atoms with van der Waals surface area (Å²) >= 11 is 0. The summed E-state index contributed by atoms with van der Waals surface area (Å²) in [4.78, 5) is 23.8. The Morgan fingerprint density at radius 1 is 1.11 bits per heavy atom. The first kappa shape index (κ1) is 11.1. The third-order valence-electron chi connectivity index (χ3n) is 3.41. The third kappa shape index (κ3) is 1.64. The zero-order valence-corrected chi connectivity index (χ0v) is 9.77. The van der Waals surface area contributed by atoms with Crippen molar-refractivity contribution in [2.45, 2.75) is 12.8 Å². The maximum atomic E-state index is 12.0. The van der Waals surface area contributed by atoms with E-state index in [2.05, 4.69) is 0 Å². The molecule has 0 saturated carbocycles. The Morgan fingerprint density at radius 3 is 2.72 bits per heavy atom. The summed E-state index contributed by atoms with van der Waals surface area (Å²) in [6, 6.07) is 5.60. The normalized spacial score (nSPS) is 17.8. The number of carbonyl (C=O) groups excluding carboxylic acids is 2. The highest BCUT2D eigenvalue weighted by molar-refractivity contribution is 6.33. The maximum Gasteiger partial charge on any atom is 0.171 e. The molecule has 0 spiro atoms. The number of allylic oxidation sites excluding steroid dienone is 2. The number of Topliss-reactive ketones (excluding diaryl/α,β-unsaturated/α-hetero) is 2. The molecule has 3 rings (SSSR count). The average molecular weight is 240 g/mol. The summed E-state index contributed by atoms with van der Waals surface area (Å²) in [6.07, 6.45) is 4.25. The monoisotopic (exact) mass is 240 g/mol. The SMILES string of the molecule is O=C1CC(=O)c2ccc3cc2C1=CC(CO)=CC3. The lowest BCUT2D eigenvalue weighted by atomic mass is 9.82. The predicted octanol–water partition coefficient (Wildman–Crippen LogP) is 1.70. The van der Waals surface area contributed by atoms with Gasteiger partial charge in [-0.3, -0.25) is 9.59 Å². The first-order valence-corrected chi connectivity index (χ1v) is 5.90. The van der Waals surface area contributed by atoms with E-state index in [4.69, 9.17) is 0 Å². The van der Waals surface area contributed by atoms with Crippen LogP contribution in [0.1, 0.15) is 27.9 Å². The third-order valence-corrected chi connectivity index (χ3v) is 3.41. The number of hydrogen-bond acceptors (Lipinski definition) is 3. The van der Waals surface area contributed by atoms with Crippen LogP contribution in [-0.2, 0) is 11.2 Å². The van der Waals surface area contributed by atoms with Crippen LogP contribution >= 0.6 is 0 Å². The number of aliphatic hydroxyl groups is 1. The molecule has 0 amide bonds. The highest BCUT2D eigenvalue weighted by atomic mass is 16.3. The van der Waals surface area contributed by atoms with Crippen LogP contribution in [0.5, 0.6) is 0 Å². The molecule has 2 aliphatic carbocycles. The van der Waals surface area contributed by atoms with Gasteiger partial charge in [0.05, 0.1) is 13.0 Å². The molecule has 90 valence electrons. The number of carbonyl (C=O) groups is 2. The molecule has 0 aromatic heterocycles. The lowest BCUT2D eigenvalue weighted by Crippen LogP contribution is -2.20. The van der Waals surface area contributed by atoms with E-state index in [1.807, 2.05) is 18.2 Å². The van der Waals surface area contributed by atoms with Gasteiger partial charge >= 0.3 is 0 Å². The quantitative estimate of drug-likeness (QED) is 0.760. The van der Waals surface area contributed by atoms with Gasteiger partial charge in [0.1, 0.15) is 0 Å². The van der Waals surface area contributed by atoms with Gasteiger partial charge in [0.25, 0.3) is 0 Å². The van der Waals surface area contributed by atoms with Gasteiger partial charge in [-0.2, -0.15) is 0 Å². The van der Waals surface area contributed by atoms with Crippen molar-refractivity contribution in [3.8, 4) is 0 Å². The molecule has 0 radical (unpaired) electrons. The van der Waals surface area contributed by atoms with Crippen LogP contribution in [0.25, 0.3) is 5.57 Å². The summed E-state index contributed by atoms with van der Waals surface area (Å²) < 4.78 is 0. The predicted molar refractivity (Wildman–Crippen MR) is 67.2 cm³/mol. The molecule has 0 saturated heterocycles. The Labute approximate surface area is 104 Å². The van der Waals surface area contributed by atoms with E-state index >= 15 is 0 Å². The molecule has 1 aromatic rings. The average Bonchev–Trinajstić information content (AvgIpc) is 2.35. The summed E-state index contributed by atoms with van der Waals surface area (Å²) in [5.74, 6) is -0.278. The van der Waals surface area contributed by atoms with E-state index in [9.17, 15) is 14.7 Å². The minimum absolute atomic E-state index is 0.0725. The first-order valence-electron chi connectivity index (χ1n) is 5.90. The largest absolute Gasteiger partial charge is 0.392 e. The summed E-state index contributed by atoms with van der Waals surface area (Å²) in [5, 5.41) is 9.26. The van der Waals surface area contributed by atoms with Gasteiger partial charge in [-0.1, -0.05) is 18.2 Å². The minimum atomic E-state index is -0.161. The Balaban J connectivity index is 2.28. The number of fused-ring (bicyclic) bond motifs is 1.